The Morgan fingerprint density at radius 1 is 1.25 bits per heavy atom. The maximum atomic E-state index is 6.02. The highest BCUT2D eigenvalue weighted by atomic mass is 16.5. The summed E-state index contributed by atoms with van der Waals surface area (Å²) < 4.78 is 10.4. The highest BCUT2D eigenvalue weighted by Crippen LogP contribution is 2.18. The van der Waals surface area contributed by atoms with E-state index in [2.05, 4.69) is 0 Å². The summed E-state index contributed by atoms with van der Waals surface area (Å²) in [4.78, 5) is 0. The molecule has 2 N–H and O–H groups in total. The van der Waals surface area contributed by atoms with Crippen LogP contribution in [0.2, 0.25) is 0 Å². The molecule has 1 heterocycles. The minimum atomic E-state index is -0.0941. The highest BCUT2D eigenvalue weighted by molar-refractivity contribution is 5.28. The summed E-state index contributed by atoms with van der Waals surface area (Å²) in [5.74, 6) is 1.67. The lowest BCUT2D eigenvalue weighted by molar-refractivity contribution is 0.414. The molecule has 3 nitrogen and oxygen atoms in total. The normalized spacial score (nSPS) is 12.4. The minimum absolute atomic E-state index is 0.0941. The van der Waals surface area contributed by atoms with Gasteiger partial charge in [-0.1, -0.05) is 12.1 Å². The number of benzene rings is 1. The molecule has 0 saturated carbocycles. The monoisotopic (exact) mass is 217 g/mol. The van der Waals surface area contributed by atoms with Gasteiger partial charge in [-0.2, -0.15) is 0 Å². The van der Waals surface area contributed by atoms with Gasteiger partial charge in [0.2, 0.25) is 0 Å². The zero-order valence-corrected chi connectivity index (χ0v) is 9.22. The van der Waals surface area contributed by atoms with Crippen molar-refractivity contribution in [2.45, 2.75) is 12.5 Å². The lowest BCUT2D eigenvalue weighted by Gasteiger charge is -2.09. The molecule has 16 heavy (non-hydrogen) atoms. The fraction of sp³-hybridized carbons (Fsp3) is 0.231. The Bertz CT molecular complexity index is 420. The second-order valence-electron chi connectivity index (χ2n) is 3.67. The molecule has 84 valence electrons. The Balaban J connectivity index is 2.03. The Hall–Kier alpha value is -1.74. The van der Waals surface area contributed by atoms with Gasteiger partial charge in [-0.15, -0.1) is 0 Å². The molecule has 0 saturated heterocycles. The van der Waals surface area contributed by atoms with Gasteiger partial charge in [0.1, 0.15) is 11.5 Å². The third kappa shape index (κ3) is 2.44. The number of rotatable bonds is 4. The summed E-state index contributed by atoms with van der Waals surface area (Å²) in [6, 6.07) is 11.6. The lowest BCUT2D eigenvalue weighted by atomic mass is 10.0. The third-order valence-corrected chi connectivity index (χ3v) is 2.52. The van der Waals surface area contributed by atoms with E-state index < -0.39 is 0 Å². The van der Waals surface area contributed by atoms with Crippen LogP contribution in [0.3, 0.4) is 0 Å². The molecule has 1 aromatic heterocycles. The van der Waals surface area contributed by atoms with Crippen LogP contribution in [-0.2, 0) is 6.42 Å². The quantitative estimate of drug-likeness (QED) is 0.856. The van der Waals surface area contributed by atoms with Gasteiger partial charge in [0, 0.05) is 0 Å². The Morgan fingerprint density at radius 3 is 2.56 bits per heavy atom. The summed E-state index contributed by atoms with van der Waals surface area (Å²) in [5, 5.41) is 0. The fourth-order valence-electron chi connectivity index (χ4n) is 1.62. The molecule has 0 aliphatic rings. The van der Waals surface area contributed by atoms with E-state index >= 15 is 0 Å². The summed E-state index contributed by atoms with van der Waals surface area (Å²) >= 11 is 0. The Morgan fingerprint density at radius 2 is 2.00 bits per heavy atom. The van der Waals surface area contributed by atoms with Crippen LogP contribution in [0.5, 0.6) is 5.75 Å². The zero-order valence-electron chi connectivity index (χ0n) is 9.22. The molecule has 0 unspecified atom stereocenters. The summed E-state index contributed by atoms with van der Waals surface area (Å²) in [7, 11) is 1.66. The van der Waals surface area contributed by atoms with Crippen LogP contribution in [0.4, 0.5) is 0 Å². The molecule has 1 aromatic carbocycles. The summed E-state index contributed by atoms with van der Waals surface area (Å²) in [5.41, 5.74) is 7.19. The predicted octanol–water partition coefficient (Wildman–Crippen LogP) is 2.53. The van der Waals surface area contributed by atoms with E-state index in [4.69, 9.17) is 14.9 Å². The number of furan rings is 1. The Labute approximate surface area is 94.8 Å². The van der Waals surface area contributed by atoms with Crippen molar-refractivity contribution in [1.29, 1.82) is 0 Å². The molecule has 0 aliphatic carbocycles. The van der Waals surface area contributed by atoms with Gasteiger partial charge < -0.3 is 14.9 Å². The van der Waals surface area contributed by atoms with Crippen LogP contribution < -0.4 is 10.5 Å². The fourth-order valence-corrected chi connectivity index (χ4v) is 1.62. The summed E-state index contributed by atoms with van der Waals surface area (Å²) in [6.07, 6.45) is 2.40. The van der Waals surface area contributed by atoms with Crippen LogP contribution in [0.1, 0.15) is 17.4 Å². The zero-order chi connectivity index (χ0) is 11.4. The minimum Gasteiger partial charge on any atom is -0.497 e. The van der Waals surface area contributed by atoms with Gasteiger partial charge in [-0.05, 0) is 36.2 Å². The van der Waals surface area contributed by atoms with Crippen molar-refractivity contribution in [2.75, 3.05) is 7.11 Å². The van der Waals surface area contributed by atoms with Crippen molar-refractivity contribution >= 4 is 0 Å². The van der Waals surface area contributed by atoms with Crippen LogP contribution in [0, 0.1) is 0 Å². The molecule has 0 spiro atoms. The van der Waals surface area contributed by atoms with Gasteiger partial charge >= 0.3 is 0 Å². The second kappa shape index (κ2) is 4.86. The van der Waals surface area contributed by atoms with Gasteiger partial charge in [0.25, 0.3) is 0 Å². The molecule has 0 amide bonds. The largest absolute Gasteiger partial charge is 0.497 e. The molecule has 3 heteroatoms. The molecule has 0 bridgehead atoms. The van der Waals surface area contributed by atoms with Crippen molar-refractivity contribution in [3.8, 4) is 5.75 Å². The molecular formula is C13H15NO2. The van der Waals surface area contributed by atoms with Gasteiger partial charge in [-0.25, -0.2) is 0 Å². The van der Waals surface area contributed by atoms with Crippen molar-refractivity contribution in [2.24, 2.45) is 5.73 Å². The van der Waals surface area contributed by atoms with Crippen LogP contribution in [0.15, 0.2) is 47.1 Å². The van der Waals surface area contributed by atoms with Crippen LogP contribution in [-0.4, -0.2) is 7.11 Å². The number of hydrogen-bond donors (Lipinski definition) is 1. The lowest BCUT2D eigenvalue weighted by Crippen LogP contribution is -2.12. The van der Waals surface area contributed by atoms with Crippen molar-refractivity contribution in [1.82, 2.24) is 0 Å². The van der Waals surface area contributed by atoms with Crippen LogP contribution in [0.25, 0.3) is 0 Å². The molecular weight excluding hydrogens is 202 g/mol. The maximum absolute atomic E-state index is 6.02. The van der Waals surface area contributed by atoms with E-state index in [1.807, 2.05) is 36.4 Å². The molecule has 0 aliphatic heterocycles. The van der Waals surface area contributed by atoms with E-state index in [9.17, 15) is 0 Å². The van der Waals surface area contributed by atoms with E-state index in [1.54, 1.807) is 13.4 Å². The molecule has 0 radical (unpaired) electrons. The van der Waals surface area contributed by atoms with Crippen molar-refractivity contribution < 1.29 is 9.15 Å². The maximum Gasteiger partial charge on any atom is 0.120 e. The molecule has 2 rings (SSSR count). The van der Waals surface area contributed by atoms with E-state index in [0.717, 1.165) is 17.9 Å². The number of ether oxygens (including phenoxy) is 1. The first kappa shape index (κ1) is 10.8. The van der Waals surface area contributed by atoms with Gasteiger partial charge in [0.15, 0.2) is 0 Å². The van der Waals surface area contributed by atoms with Crippen LogP contribution >= 0.6 is 0 Å². The molecule has 2 aromatic rings. The number of methoxy groups -OCH3 is 1. The topological polar surface area (TPSA) is 48.4 Å². The first-order valence-corrected chi connectivity index (χ1v) is 5.21. The van der Waals surface area contributed by atoms with E-state index in [-0.39, 0.29) is 6.04 Å². The standard InChI is InChI=1S/C13H15NO2/c1-15-11-6-4-10(5-7-11)9-12(14)13-3-2-8-16-13/h2-8,12H,9,14H2,1H3/t12-/m1/s1. The van der Waals surface area contributed by atoms with Crippen molar-refractivity contribution in [3.05, 3.63) is 54.0 Å². The smallest absolute Gasteiger partial charge is 0.120 e. The number of hydrogen-bond acceptors (Lipinski definition) is 3. The first-order valence-electron chi connectivity index (χ1n) is 5.21. The Kier molecular flexibility index (Phi) is 3.27. The molecule has 1 atom stereocenters. The SMILES string of the molecule is COc1ccc(C[C@@H](N)c2ccco2)cc1. The average molecular weight is 217 g/mol. The van der Waals surface area contributed by atoms with E-state index in [1.165, 1.54) is 5.56 Å². The number of nitrogens with two attached hydrogens (primary N) is 1. The van der Waals surface area contributed by atoms with Gasteiger partial charge in [-0.3, -0.25) is 0 Å². The third-order valence-electron chi connectivity index (χ3n) is 2.52. The molecule has 0 fully saturated rings. The second-order valence-corrected chi connectivity index (χ2v) is 3.67. The summed E-state index contributed by atoms with van der Waals surface area (Å²) in [6.45, 7) is 0. The first-order chi connectivity index (χ1) is 7.79. The predicted molar refractivity (Wildman–Crippen MR) is 62.3 cm³/mol. The average Bonchev–Trinajstić information content (AvgIpc) is 2.83. The van der Waals surface area contributed by atoms with Gasteiger partial charge in [0.05, 0.1) is 19.4 Å². The van der Waals surface area contributed by atoms with Crippen molar-refractivity contribution in [3.63, 3.8) is 0 Å². The highest BCUT2D eigenvalue weighted by Gasteiger charge is 2.09. The van der Waals surface area contributed by atoms with E-state index in [0.29, 0.717) is 0 Å².